The molecule has 1 amide bonds. The summed E-state index contributed by atoms with van der Waals surface area (Å²) in [5, 5.41) is 17.6. The van der Waals surface area contributed by atoms with Crippen LogP contribution in [0.5, 0.6) is 0 Å². The van der Waals surface area contributed by atoms with Crippen molar-refractivity contribution < 1.29 is 9.90 Å². The largest absolute Gasteiger partial charge is 0.394 e. The molecule has 2 atom stereocenters. The lowest BCUT2D eigenvalue weighted by molar-refractivity contribution is -0.123. The molecule has 0 unspecified atom stereocenters. The van der Waals surface area contributed by atoms with Gasteiger partial charge in [-0.05, 0) is 33.5 Å². The number of carbonyl (C=O) groups excluding carboxylic acids is 1. The average Bonchev–Trinajstić information content (AvgIpc) is 2.28. The number of nitrogens with two attached hydrogens (primary N) is 1. The summed E-state index contributed by atoms with van der Waals surface area (Å²) in [4.78, 5) is 11.6. The Morgan fingerprint density at radius 3 is 2.56 bits per heavy atom. The molecule has 0 heterocycles. The van der Waals surface area contributed by atoms with Crippen molar-refractivity contribution >= 4 is 5.91 Å². The molecule has 96 valence electrons. The Morgan fingerprint density at radius 2 is 2.06 bits per heavy atom. The van der Waals surface area contributed by atoms with Crippen molar-refractivity contribution in [1.82, 2.24) is 16.0 Å². The highest BCUT2D eigenvalue weighted by molar-refractivity contribution is 5.81. The van der Waals surface area contributed by atoms with Crippen LogP contribution in [0, 0.1) is 0 Å². The van der Waals surface area contributed by atoms with Crippen LogP contribution in [-0.4, -0.2) is 56.9 Å². The molecule has 16 heavy (non-hydrogen) atoms. The normalized spacial score (nSPS) is 14.5. The zero-order valence-corrected chi connectivity index (χ0v) is 10.1. The summed E-state index contributed by atoms with van der Waals surface area (Å²) in [7, 11) is 3.63. The standard InChI is InChI=1S/C10H24N4O2/c1-12-5-3-4-9(11)10(16)14-8(7-15)6-13-2/h8-9,12-13,15H,3-7,11H2,1-2H3,(H,14,16)/t8-,9-/m0/s1. The van der Waals surface area contributed by atoms with Gasteiger partial charge in [-0.3, -0.25) is 4.79 Å². The molecule has 0 saturated carbocycles. The fraction of sp³-hybridized carbons (Fsp3) is 0.900. The Morgan fingerprint density at radius 1 is 1.38 bits per heavy atom. The van der Waals surface area contributed by atoms with Crippen LogP contribution in [0.15, 0.2) is 0 Å². The molecule has 0 bridgehead atoms. The number of likely N-dealkylation sites (N-methyl/N-ethyl adjacent to an activating group) is 1. The number of amides is 1. The number of nitrogens with one attached hydrogen (secondary N) is 3. The highest BCUT2D eigenvalue weighted by Crippen LogP contribution is 1.94. The van der Waals surface area contributed by atoms with Crippen molar-refractivity contribution in [2.45, 2.75) is 24.9 Å². The summed E-state index contributed by atoms with van der Waals surface area (Å²) in [6.45, 7) is 1.29. The topological polar surface area (TPSA) is 99.4 Å². The third-order valence-corrected chi connectivity index (χ3v) is 2.30. The van der Waals surface area contributed by atoms with Gasteiger partial charge in [-0.2, -0.15) is 0 Å². The Balaban J connectivity index is 3.83. The van der Waals surface area contributed by atoms with Gasteiger partial charge in [-0.1, -0.05) is 0 Å². The van der Waals surface area contributed by atoms with Gasteiger partial charge in [0.05, 0.1) is 18.7 Å². The summed E-state index contributed by atoms with van der Waals surface area (Å²) in [5.41, 5.74) is 5.72. The van der Waals surface area contributed by atoms with Crippen molar-refractivity contribution in [3.63, 3.8) is 0 Å². The number of carbonyl (C=O) groups is 1. The molecular weight excluding hydrogens is 208 g/mol. The van der Waals surface area contributed by atoms with Crippen molar-refractivity contribution in [3.05, 3.63) is 0 Å². The van der Waals surface area contributed by atoms with Gasteiger partial charge in [-0.25, -0.2) is 0 Å². The maximum Gasteiger partial charge on any atom is 0.237 e. The fourth-order valence-electron chi connectivity index (χ4n) is 1.35. The van der Waals surface area contributed by atoms with Crippen LogP contribution in [0.2, 0.25) is 0 Å². The quantitative estimate of drug-likeness (QED) is 0.296. The summed E-state index contributed by atoms with van der Waals surface area (Å²) < 4.78 is 0. The monoisotopic (exact) mass is 232 g/mol. The van der Waals surface area contributed by atoms with Gasteiger partial charge < -0.3 is 26.8 Å². The lowest BCUT2D eigenvalue weighted by Gasteiger charge is -2.18. The number of hydrogen-bond donors (Lipinski definition) is 5. The van der Waals surface area contributed by atoms with Gasteiger partial charge in [0.1, 0.15) is 0 Å². The smallest absolute Gasteiger partial charge is 0.237 e. The highest BCUT2D eigenvalue weighted by Gasteiger charge is 2.16. The first-order valence-electron chi connectivity index (χ1n) is 5.61. The predicted molar refractivity (Wildman–Crippen MR) is 64.1 cm³/mol. The Bertz CT molecular complexity index is 190. The Hall–Kier alpha value is -0.690. The van der Waals surface area contributed by atoms with E-state index in [1.54, 1.807) is 7.05 Å². The van der Waals surface area contributed by atoms with Gasteiger partial charge in [-0.15, -0.1) is 0 Å². The highest BCUT2D eigenvalue weighted by atomic mass is 16.3. The number of aliphatic hydroxyl groups is 1. The molecule has 0 aromatic carbocycles. The first kappa shape index (κ1) is 15.3. The second-order valence-corrected chi connectivity index (χ2v) is 3.80. The van der Waals surface area contributed by atoms with Crippen LogP contribution in [0.1, 0.15) is 12.8 Å². The fourth-order valence-corrected chi connectivity index (χ4v) is 1.35. The van der Waals surface area contributed by atoms with Crippen LogP contribution in [0.4, 0.5) is 0 Å². The van der Waals surface area contributed by atoms with Gasteiger partial charge >= 0.3 is 0 Å². The minimum atomic E-state index is -0.501. The van der Waals surface area contributed by atoms with Gasteiger partial charge in [0.15, 0.2) is 0 Å². The van der Waals surface area contributed by atoms with Crippen LogP contribution in [0.25, 0.3) is 0 Å². The SMILES string of the molecule is CNCCC[C@H](N)C(=O)N[C@H](CO)CNC. The average molecular weight is 232 g/mol. The van der Waals surface area contributed by atoms with Crippen LogP contribution >= 0.6 is 0 Å². The lowest BCUT2D eigenvalue weighted by Crippen LogP contribution is -2.50. The van der Waals surface area contributed by atoms with Gasteiger partial charge in [0.2, 0.25) is 5.91 Å². The van der Waals surface area contributed by atoms with E-state index < -0.39 is 6.04 Å². The van der Waals surface area contributed by atoms with Crippen LogP contribution in [0.3, 0.4) is 0 Å². The second kappa shape index (κ2) is 9.53. The van der Waals surface area contributed by atoms with E-state index in [9.17, 15) is 4.79 Å². The number of aliphatic hydroxyl groups excluding tert-OH is 1. The zero-order valence-electron chi connectivity index (χ0n) is 10.1. The minimum absolute atomic E-state index is 0.0875. The first-order chi connectivity index (χ1) is 7.65. The van der Waals surface area contributed by atoms with Crippen LogP contribution in [-0.2, 0) is 4.79 Å². The van der Waals surface area contributed by atoms with Crippen molar-refractivity contribution in [1.29, 1.82) is 0 Å². The number of rotatable bonds is 9. The van der Waals surface area contributed by atoms with E-state index >= 15 is 0 Å². The molecule has 0 radical (unpaired) electrons. The summed E-state index contributed by atoms with van der Waals surface area (Å²) in [6.07, 6.45) is 1.51. The lowest BCUT2D eigenvalue weighted by atomic mass is 10.1. The molecule has 0 rings (SSSR count). The van der Waals surface area contributed by atoms with Crippen molar-refractivity contribution in [2.24, 2.45) is 5.73 Å². The van der Waals surface area contributed by atoms with Gasteiger partial charge in [0.25, 0.3) is 0 Å². The number of hydrogen-bond acceptors (Lipinski definition) is 5. The second-order valence-electron chi connectivity index (χ2n) is 3.80. The van der Waals surface area contributed by atoms with E-state index in [1.165, 1.54) is 0 Å². The molecular formula is C10H24N4O2. The molecule has 0 aromatic heterocycles. The maximum atomic E-state index is 11.6. The first-order valence-corrected chi connectivity index (χ1v) is 5.61. The summed E-state index contributed by atoms with van der Waals surface area (Å²) in [6, 6.07) is -0.771. The Labute approximate surface area is 97.0 Å². The van der Waals surface area contributed by atoms with E-state index in [0.717, 1.165) is 13.0 Å². The van der Waals surface area contributed by atoms with E-state index in [4.69, 9.17) is 10.8 Å². The van der Waals surface area contributed by atoms with E-state index in [2.05, 4.69) is 16.0 Å². The van der Waals surface area contributed by atoms with E-state index in [0.29, 0.717) is 13.0 Å². The summed E-state index contributed by atoms with van der Waals surface area (Å²) >= 11 is 0. The minimum Gasteiger partial charge on any atom is -0.394 e. The Kier molecular flexibility index (Phi) is 9.12. The van der Waals surface area contributed by atoms with Crippen LogP contribution < -0.4 is 21.7 Å². The van der Waals surface area contributed by atoms with Gasteiger partial charge in [0, 0.05) is 6.54 Å². The van der Waals surface area contributed by atoms with E-state index in [1.807, 2.05) is 7.05 Å². The molecule has 0 aliphatic heterocycles. The van der Waals surface area contributed by atoms with Crippen molar-refractivity contribution in [2.75, 3.05) is 33.8 Å². The molecule has 0 spiro atoms. The maximum absolute atomic E-state index is 11.6. The van der Waals surface area contributed by atoms with E-state index in [-0.39, 0.29) is 18.6 Å². The third kappa shape index (κ3) is 6.73. The summed E-state index contributed by atoms with van der Waals surface area (Å²) in [5.74, 6) is -0.203. The molecule has 6 nitrogen and oxygen atoms in total. The van der Waals surface area contributed by atoms with Crippen molar-refractivity contribution in [3.8, 4) is 0 Å². The molecule has 6 heteroatoms. The predicted octanol–water partition coefficient (Wildman–Crippen LogP) is -1.99. The molecule has 0 aromatic rings. The third-order valence-electron chi connectivity index (χ3n) is 2.30. The molecule has 0 fully saturated rings. The molecule has 0 saturated heterocycles. The molecule has 6 N–H and O–H groups in total. The molecule has 0 aliphatic rings. The molecule has 0 aliphatic carbocycles. The zero-order chi connectivity index (χ0) is 12.4.